The molecule has 0 bridgehead atoms. The first-order chi connectivity index (χ1) is 13.5. The quantitative estimate of drug-likeness (QED) is 0.435. The minimum Gasteiger partial charge on any atom is -0.356 e. The first-order valence-corrected chi connectivity index (χ1v) is 9.14. The molecule has 7 nitrogen and oxygen atoms in total. The Hall–Kier alpha value is -3.35. The molecule has 0 heterocycles. The molecule has 28 heavy (non-hydrogen) atoms. The van der Waals surface area contributed by atoms with E-state index in [2.05, 4.69) is 26.3 Å². The van der Waals surface area contributed by atoms with E-state index in [1.54, 1.807) is 20.2 Å². The zero-order chi connectivity index (χ0) is 20.4. The normalized spacial score (nSPS) is 10.9. The molecule has 2 rings (SSSR count). The molecule has 0 aliphatic heterocycles. The fourth-order valence-corrected chi connectivity index (χ4v) is 2.71. The minimum absolute atomic E-state index is 0.0891. The Labute approximate surface area is 165 Å². The summed E-state index contributed by atoms with van der Waals surface area (Å²) in [7, 11) is 3.34. The molecule has 4 N–H and O–H groups in total. The van der Waals surface area contributed by atoms with Crippen LogP contribution in [0.3, 0.4) is 0 Å². The Balaban J connectivity index is 1.84. The number of hydrogen-bond donors (Lipinski definition) is 4. The van der Waals surface area contributed by atoms with E-state index < -0.39 is 0 Å². The van der Waals surface area contributed by atoms with Gasteiger partial charge in [-0.2, -0.15) is 0 Å². The average Bonchev–Trinajstić information content (AvgIpc) is 2.70. The highest BCUT2D eigenvalue weighted by atomic mass is 16.2. The molecule has 7 heteroatoms. The first kappa shape index (κ1) is 21.0. The van der Waals surface area contributed by atoms with Crippen LogP contribution in [0.15, 0.2) is 53.5 Å². The third-order valence-corrected chi connectivity index (χ3v) is 4.05. The summed E-state index contributed by atoms with van der Waals surface area (Å²) in [6, 6.07) is 15.2. The zero-order valence-corrected chi connectivity index (χ0v) is 16.5. The number of carbonyl (C=O) groups excluding carboxylic acids is 2. The second-order valence-corrected chi connectivity index (χ2v) is 6.26. The molecule has 148 valence electrons. The van der Waals surface area contributed by atoms with Crippen molar-refractivity contribution in [3.8, 4) is 0 Å². The SMILES string of the molecule is CN=C(NCCc1cccc(C(=O)NC)c1)NCc1cccc(NC(C)=O)c1. The van der Waals surface area contributed by atoms with Crippen LogP contribution in [0.2, 0.25) is 0 Å². The largest absolute Gasteiger partial charge is 0.356 e. The van der Waals surface area contributed by atoms with Gasteiger partial charge in [0, 0.05) is 45.4 Å². The summed E-state index contributed by atoms with van der Waals surface area (Å²) in [6.07, 6.45) is 0.767. The van der Waals surface area contributed by atoms with Gasteiger partial charge in [-0.3, -0.25) is 14.6 Å². The molecular formula is C21H27N5O2. The number of aliphatic imine (C=N–C) groups is 1. The molecule has 0 aliphatic rings. The molecule has 2 aromatic carbocycles. The Morgan fingerprint density at radius 1 is 1.00 bits per heavy atom. The maximum absolute atomic E-state index is 11.7. The number of carbonyl (C=O) groups is 2. The number of nitrogens with zero attached hydrogens (tertiary/aromatic N) is 1. The average molecular weight is 381 g/mol. The van der Waals surface area contributed by atoms with E-state index >= 15 is 0 Å². The van der Waals surface area contributed by atoms with Gasteiger partial charge in [-0.05, 0) is 41.8 Å². The molecule has 0 radical (unpaired) electrons. The topological polar surface area (TPSA) is 94.6 Å². The van der Waals surface area contributed by atoms with Crippen molar-refractivity contribution >= 4 is 23.5 Å². The Kier molecular flexibility index (Phi) is 8.02. The molecule has 2 aromatic rings. The minimum atomic E-state index is -0.0944. The van der Waals surface area contributed by atoms with Crippen LogP contribution in [0.5, 0.6) is 0 Å². The summed E-state index contributed by atoms with van der Waals surface area (Å²) in [5, 5.41) is 11.9. The highest BCUT2D eigenvalue weighted by Gasteiger charge is 2.04. The Morgan fingerprint density at radius 2 is 1.75 bits per heavy atom. The van der Waals surface area contributed by atoms with E-state index in [9.17, 15) is 9.59 Å². The number of hydrogen-bond acceptors (Lipinski definition) is 3. The Morgan fingerprint density at radius 3 is 2.46 bits per heavy atom. The summed E-state index contributed by atoms with van der Waals surface area (Å²) >= 11 is 0. The summed E-state index contributed by atoms with van der Waals surface area (Å²) in [5.74, 6) is 0.504. The smallest absolute Gasteiger partial charge is 0.251 e. The first-order valence-electron chi connectivity index (χ1n) is 9.14. The second-order valence-electron chi connectivity index (χ2n) is 6.26. The van der Waals surface area contributed by atoms with Crippen molar-refractivity contribution in [1.82, 2.24) is 16.0 Å². The van der Waals surface area contributed by atoms with Gasteiger partial charge in [0.05, 0.1) is 0 Å². The van der Waals surface area contributed by atoms with Gasteiger partial charge in [-0.25, -0.2) is 0 Å². The summed E-state index contributed by atoms with van der Waals surface area (Å²) in [5.41, 5.74) is 3.53. The molecule has 0 unspecified atom stereocenters. The molecule has 0 saturated heterocycles. The molecule has 0 spiro atoms. The fraction of sp³-hybridized carbons (Fsp3) is 0.286. The predicted octanol–water partition coefficient (Wildman–Crippen LogP) is 1.91. The van der Waals surface area contributed by atoms with Crippen LogP contribution in [0, 0.1) is 0 Å². The van der Waals surface area contributed by atoms with Gasteiger partial charge in [0.1, 0.15) is 0 Å². The summed E-state index contributed by atoms with van der Waals surface area (Å²) in [6.45, 7) is 2.75. The van der Waals surface area contributed by atoms with E-state index in [1.165, 1.54) is 6.92 Å². The van der Waals surface area contributed by atoms with Gasteiger partial charge in [0.25, 0.3) is 5.91 Å². The van der Waals surface area contributed by atoms with E-state index in [0.29, 0.717) is 24.6 Å². The number of amides is 2. The lowest BCUT2D eigenvalue weighted by Crippen LogP contribution is -2.37. The second kappa shape index (κ2) is 10.7. The zero-order valence-electron chi connectivity index (χ0n) is 16.5. The van der Waals surface area contributed by atoms with Gasteiger partial charge in [0.2, 0.25) is 5.91 Å². The third-order valence-electron chi connectivity index (χ3n) is 4.05. The number of guanidine groups is 1. The molecule has 0 fully saturated rings. The number of nitrogens with one attached hydrogen (secondary N) is 4. The van der Waals surface area contributed by atoms with Gasteiger partial charge in [-0.15, -0.1) is 0 Å². The third kappa shape index (κ3) is 6.75. The maximum atomic E-state index is 11.7. The monoisotopic (exact) mass is 381 g/mol. The number of benzene rings is 2. The van der Waals surface area contributed by atoms with Crippen LogP contribution < -0.4 is 21.3 Å². The molecule has 2 amide bonds. The van der Waals surface area contributed by atoms with Crippen molar-refractivity contribution in [3.05, 3.63) is 65.2 Å². The van der Waals surface area contributed by atoms with Crippen molar-refractivity contribution in [1.29, 1.82) is 0 Å². The highest BCUT2D eigenvalue weighted by Crippen LogP contribution is 2.10. The maximum Gasteiger partial charge on any atom is 0.251 e. The van der Waals surface area contributed by atoms with Gasteiger partial charge in [0.15, 0.2) is 5.96 Å². The van der Waals surface area contributed by atoms with Crippen molar-refractivity contribution < 1.29 is 9.59 Å². The highest BCUT2D eigenvalue weighted by molar-refractivity contribution is 5.94. The standard InChI is InChI=1S/C21H27N5O2/c1-15(27)26-19-9-5-7-17(13-19)14-25-21(23-3)24-11-10-16-6-4-8-18(12-16)20(28)22-2/h4-9,12-13H,10-11,14H2,1-3H3,(H,22,28)(H,26,27)(H2,23,24,25). The van der Waals surface area contributed by atoms with Gasteiger partial charge >= 0.3 is 0 Å². The van der Waals surface area contributed by atoms with Gasteiger partial charge in [-0.1, -0.05) is 24.3 Å². The van der Waals surface area contributed by atoms with E-state index in [1.807, 2.05) is 42.5 Å². The van der Waals surface area contributed by atoms with Crippen LogP contribution in [-0.2, 0) is 17.8 Å². The molecule has 0 saturated carbocycles. The Bertz CT molecular complexity index is 848. The van der Waals surface area contributed by atoms with Crippen LogP contribution in [0.1, 0.15) is 28.4 Å². The molecular weight excluding hydrogens is 354 g/mol. The van der Waals surface area contributed by atoms with E-state index in [0.717, 1.165) is 23.2 Å². The summed E-state index contributed by atoms with van der Waals surface area (Å²) < 4.78 is 0. The van der Waals surface area contributed by atoms with Crippen molar-refractivity contribution in [2.75, 3.05) is 26.0 Å². The van der Waals surface area contributed by atoms with Gasteiger partial charge < -0.3 is 21.3 Å². The van der Waals surface area contributed by atoms with Crippen LogP contribution in [0.25, 0.3) is 0 Å². The predicted molar refractivity (Wildman–Crippen MR) is 112 cm³/mol. The lowest BCUT2D eigenvalue weighted by molar-refractivity contribution is -0.114. The van der Waals surface area contributed by atoms with Crippen LogP contribution in [0.4, 0.5) is 5.69 Å². The molecule has 0 aromatic heterocycles. The van der Waals surface area contributed by atoms with E-state index in [4.69, 9.17) is 0 Å². The fourth-order valence-electron chi connectivity index (χ4n) is 2.71. The van der Waals surface area contributed by atoms with Crippen LogP contribution >= 0.6 is 0 Å². The molecule has 0 aliphatic carbocycles. The number of rotatable bonds is 7. The lowest BCUT2D eigenvalue weighted by atomic mass is 10.1. The number of anilines is 1. The van der Waals surface area contributed by atoms with Crippen molar-refractivity contribution in [3.63, 3.8) is 0 Å². The molecule has 0 atom stereocenters. The lowest BCUT2D eigenvalue weighted by Gasteiger charge is -2.13. The summed E-state index contributed by atoms with van der Waals surface area (Å²) in [4.78, 5) is 27.1. The van der Waals surface area contributed by atoms with Crippen LogP contribution in [-0.4, -0.2) is 38.4 Å². The van der Waals surface area contributed by atoms with Crippen molar-refractivity contribution in [2.24, 2.45) is 4.99 Å². The van der Waals surface area contributed by atoms with E-state index in [-0.39, 0.29) is 11.8 Å². The van der Waals surface area contributed by atoms with Crippen molar-refractivity contribution in [2.45, 2.75) is 19.9 Å².